The summed E-state index contributed by atoms with van der Waals surface area (Å²) in [4.78, 5) is 43.2. The Balaban J connectivity index is 1.83. The zero-order chi connectivity index (χ0) is 18.5. The predicted octanol–water partition coefficient (Wildman–Crippen LogP) is 1.64. The summed E-state index contributed by atoms with van der Waals surface area (Å²) >= 11 is 0. The van der Waals surface area contributed by atoms with Crippen molar-refractivity contribution in [3.8, 4) is 11.3 Å². The van der Waals surface area contributed by atoms with E-state index in [0.717, 1.165) is 10.1 Å². The first-order valence-electron chi connectivity index (χ1n) is 7.64. The lowest BCUT2D eigenvalue weighted by Gasteiger charge is -2.08. The maximum atomic E-state index is 12.4. The number of aromatic nitrogens is 3. The van der Waals surface area contributed by atoms with Crippen LogP contribution in [0.15, 0.2) is 65.8 Å². The zero-order valence-electron chi connectivity index (χ0n) is 13.5. The van der Waals surface area contributed by atoms with Crippen molar-refractivity contribution in [2.75, 3.05) is 5.32 Å². The van der Waals surface area contributed by atoms with E-state index in [-0.39, 0.29) is 5.69 Å². The minimum atomic E-state index is -1.15. The maximum Gasteiger partial charge on any atom is 0.323 e. The lowest BCUT2D eigenvalue weighted by molar-refractivity contribution is -0.137. The molecule has 0 unspecified atom stereocenters. The minimum Gasteiger partial charge on any atom is -0.480 e. The van der Waals surface area contributed by atoms with E-state index in [9.17, 15) is 14.4 Å². The van der Waals surface area contributed by atoms with Crippen LogP contribution in [0.3, 0.4) is 0 Å². The van der Waals surface area contributed by atoms with Crippen molar-refractivity contribution in [1.82, 2.24) is 14.5 Å². The monoisotopic (exact) mass is 350 g/mol. The van der Waals surface area contributed by atoms with E-state index in [1.807, 2.05) is 6.07 Å². The fourth-order valence-electron chi connectivity index (χ4n) is 2.31. The number of pyridine rings is 3. The van der Waals surface area contributed by atoms with E-state index in [1.165, 1.54) is 18.3 Å². The summed E-state index contributed by atoms with van der Waals surface area (Å²) in [6.45, 7) is -0.489. The molecule has 3 aromatic heterocycles. The van der Waals surface area contributed by atoms with Crippen LogP contribution in [0.1, 0.15) is 10.5 Å². The van der Waals surface area contributed by atoms with Crippen molar-refractivity contribution in [1.29, 1.82) is 0 Å². The SMILES string of the molecule is O=C(O)Cn1cc(NC(=O)c2cccc(-c3cccnc3)n2)ccc1=O. The van der Waals surface area contributed by atoms with Gasteiger partial charge < -0.3 is 15.0 Å². The standard InChI is InChI=1S/C18H14N4O4/c23-16-7-6-13(10-22(16)11-17(24)25)20-18(26)15-5-1-4-14(21-15)12-3-2-8-19-9-12/h1-10H,11H2,(H,20,26)(H,24,25). The molecule has 26 heavy (non-hydrogen) atoms. The number of hydrogen-bond acceptors (Lipinski definition) is 5. The lowest BCUT2D eigenvalue weighted by atomic mass is 10.2. The Kier molecular flexibility index (Phi) is 4.84. The molecular weight excluding hydrogens is 336 g/mol. The quantitative estimate of drug-likeness (QED) is 0.723. The van der Waals surface area contributed by atoms with Crippen LogP contribution in [-0.2, 0) is 11.3 Å². The Morgan fingerprint density at radius 1 is 1.12 bits per heavy atom. The van der Waals surface area contributed by atoms with E-state index >= 15 is 0 Å². The average Bonchev–Trinajstić information content (AvgIpc) is 2.65. The fraction of sp³-hybridized carbons (Fsp3) is 0.0556. The third kappa shape index (κ3) is 3.99. The van der Waals surface area contributed by atoms with Crippen LogP contribution in [0, 0.1) is 0 Å². The van der Waals surface area contributed by atoms with Crippen LogP contribution >= 0.6 is 0 Å². The normalized spacial score (nSPS) is 10.3. The maximum absolute atomic E-state index is 12.4. The van der Waals surface area contributed by atoms with Crippen LogP contribution in [0.4, 0.5) is 5.69 Å². The summed E-state index contributed by atoms with van der Waals surface area (Å²) in [6, 6.07) is 11.2. The molecule has 0 aliphatic heterocycles. The Morgan fingerprint density at radius 2 is 1.96 bits per heavy atom. The van der Waals surface area contributed by atoms with Crippen LogP contribution in [0.2, 0.25) is 0 Å². The number of rotatable bonds is 5. The molecule has 0 aromatic carbocycles. The Morgan fingerprint density at radius 3 is 2.69 bits per heavy atom. The molecular formula is C18H14N4O4. The number of anilines is 1. The van der Waals surface area contributed by atoms with Crippen LogP contribution in [0.5, 0.6) is 0 Å². The van der Waals surface area contributed by atoms with Gasteiger partial charge in [0.15, 0.2) is 0 Å². The van der Waals surface area contributed by atoms with E-state index in [4.69, 9.17) is 5.11 Å². The van der Waals surface area contributed by atoms with Crippen molar-refractivity contribution in [3.63, 3.8) is 0 Å². The van der Waals surface area contributed by atoms with Gasteiger partial charge in [0.1, 0.15) is 12.2 Å². The van der Waals surface area contributed by atoms with E-state index in [2.05, 4.69) is 15.3 Å². The molecule has 0 saturated carbocycles. The molecule has 0 bridgehead atoms. The second-order valence-corrected chi connectivity index (χ2v) is 5.38. The van der Waals surface area contributed by atoms with Crippen molar-refractivity contribution in [2.45, 2.75) is 6.54 Å². The molecule has 3 rings (SSSR count). The number of aliphatic carboxylic acids is 1. The minimum absolute atomic E-state index is 0.183. The number of carboxylic acids is 1. The van der Waals surface area contributed by atoms with Crippen molar-refractivity contribution < 1.29 is 14.7 Å². The summed E-state index contributed by atoms with van der Waals surface area (Å²) in [5.74, 6) is -1.63. The molecule has 0 saturated heterocycles. The average molecular weight is 350 g/mol. The largest absolute Gasteiger partial charge is 0.480 e. The molecule has 3 aromatic rings. The smallest absolute Gasteiger partial charge is 0.323 e. The molecule has 8 nitrogen and oxygen atoms in total. The van der Waals surface area contributed by atoms with Crippen molar-refractivity contribution >= 4 is 17.6 Å². The highest BCUT2D eigenvalue weighted by molar-refractivity contribution is 6.03. The molecule has 3 heterocycles. The second-order valence-electron chi connectivity index (χ2n) is 5.38. The van der Waals surface area contributed by atoms with Gasteiger partial charge in [0, 0.05) is 30.2 Å². The Bertz CT molecular complexity index is 1010. The zero-order valence-corrected chi connectivity index (χ0v) is 13.5. The predicted molar refractivity (Wildman–Crippen MR) is 93.8 cm³/mol. The molecule has 2 N–H and O–H groups in total. The second kappa shape index (κ2) is 7.39. The van der Waals surface area contributed by atoms with Crippen molar-refractivity contribution in [3.05, 3.63) is 77.1 Å². The summed E-state index contributed by atoms with van der Waals surface area (Å²) in [7, 11) is 0. The summed E-state index contributed by atoms with van der Waals surface area (Å²) in [5.41, 5.74) is 1.38. The van der Waals surface area contributed by atoms with Gasteiger partial charge in [-0.1, -0.05) is 6.07 Å². The van der Waals surface area contributed by atoms with Gasteiger partial charge in [0.25, 0.3) is 11.5 Å². The van der Waals surface area contributed by atoms with Gasteiger partial charge >= 0.3 is 5.97 Å². The molecule has 130 valence electrons. The highest BCUT2D eigenvalue weighted by Crippen LogP contribution is 2.16. The van der Waals surface area contributed by atoms with Crippen molar-refractivity contribution in [2.24, 2.45) is 0 Å². The van der Waals surface area contributed by atoms with E-state index in [1.54, 1.807) is 36.7 Å². The third-order valence-electron chi connectivity index (χ3n) is 3.49. The molecule has 0 aliphatic rings. The number of nitrogens with one attached hydrogen (secondary N) is 1. The number of nitrogens with zero attached hydrogens (tertiary/aromatic N) is 3. The highest BCUT2D eigenvalue weighted by Gasteiger charge is 2.11. The van der Waals surface area contributed by atoms with Gasteiger partial charge in [-0.3, -0.25) is 19.4 Å². The number of carboxylic acid groups (broad SMARTS) is 1. The molecule has 0 radical (unpaired) electrons. The van der Waals surface area contributed by atoms with Gasteiger partial charge in [-0.15, -0.1) is 0 Å². The molecule has 8 heteroatoms. The van der Waals surface area contributed by atoms with Gasteiger partial charge in [-0.05, 0) is 30.3 Å². The Hall–Kier alpha value is -3.81. The van der Waals surface area contributed by atoms with Crippen LogP contribution in [-0.4, -0.2) is 31.5 Å². The van der Waals surface area contributed by atoms with Crippen LogP contribution < -0.4 is 10.9 Å². The molecule has 0 fully saturated rings. The molecule has 0 atom stereocenters. The van der Waals surface area contributed by atoms with Gasteiger partial charge in [0.2, 0.25) is 0 Å². The highest BCUT2D eigenvalue weighted by atomic mass is 16.4. The Labute approximate surface area is 147 Å². The number of carbonyl (C=O) groups is 2. The molecule has 1 amide bonds. The number of amides is 1. The van der Waals surface area contributed by atoms with Gasteiger partial charge in [0.05, 0.1) is 11.4 Å². The summed E-state index contributed by atoms with van der Waals surface area (Å²) in [6.07, 6.45) is 4.57. The van der Waals surface area contributed by atoms with Gasteiger partial charge in [-0.25, -0.2) is 4.98 Å². The third-order valence-corrected chi connectivity index (χ3v) is 3.49. The number of hydrogen-bond donors (Lipinski definition) is 2. The summed E-state index contributed by atoms with van der Waals surface area (Å²) in [5, 5.41) is 11.4. The summed E-state index contributed by atoms with van der Waals surface area (Å²) < 4.78 is 0.997. The first-order chi connectivity index (χ1) is 12.5. The van der Waals surface area contributed by atoms with E-state index < -0.39 is 24.0 Å². The van der Waals surface area contributed by atoms with Crippen LogP contribution in [0.25, 0.3) is 11.3 Å². The molecule has 0 spiro atoms. The first-order valence-corrected chi connectivity index (χ1v) is 7.64. The van der Waals surface area contributed by atoms with Gasteiger partial charge in [-0.2, -0.15) is 0 Å². The number of carbonyl (C=O) groups excluding carboxylic acids is 1. The molecule has 0 aliphatic carbocycles. The fourth-order valence-corrected chi connectivity index (χ4v) is 2.31. The topological polar surface area (TPSA) is 114 Å². The lowest BCUT2D eigenvalue weighted by Crippen LogP contribution is -2.24. The first kappa shape index (κ1) is 17.0. The van der Waals surface area contributed by atoms with E-state index in [0.29, 0.717) is 11.4 Å².